The first-order valence-electron chi connectivity index (χ1n) is 5.03. The molecule has 0 aromatic carbocycles. The summed E-state index contributed by atoms with van der Waals surface area (Å²) >= 11 is 0. The van der Waals surface area contributed by atoms with Crippen LogP contribution in [0.4, 0.5) is 0 Å². The van der Waals surface area contributed by atoms with E-state index in [9.17, 15) is 0 Å². The summed E-state index contributed by atoms with van der Waals surface area (Å²) < 4.78 is 0. The molecule has 1 saturated carbocycles. The number of hydrogen-bond donors (Lipinski definition) is 2. The first kappa shape index (κ1) is 10.2. The lowest BCUT2D eigenvalue weighted by Gasteiger charge is -2.33. The number of nitrogens with two attached hydrogens (primary N) is 1. The van der Waals surface area contributed by atoms with E-state index in [0.717, 1.165) is 6.54 Å². The highest BCUT2D eigenvalue weighted by molar-refractivity contribution is 5.77. The lowest BCUT2D eigenvalue weighted by atomic mass is 9.94. The Balaban J connectivity index is 2.53. The normalized spacial score (nSPS) is 20.2. The molecule has 0 aromatic rings. The Bertz CT molecular complexity index is 176. The van der Waals surface area contributed by atoms with E-state index in [1.54, 1.807) is 0 Å². The van der Waals surface area contributed by atoms with Gasteiger partial charge < -0.3 is 15.8 Å². The molecule has 0 radical (unpaired) electrons. The van der Waals surface area contributed by atoms with Crippen LogP contribution in [-0.2, 0) is 0 Å². The molecular formula is C9H19N3O. The van der Waals surface area contributed by atoms with Crippen LogP contribution in [0.15, 0.2) is 5.16 Å². The van der Waals surface area contributed by atoms with E-state index < -0.39 is 0 Å². The van der Waals surface area contributed by atoms with Gasteiger partial charge in [0.15, 0.2) is 0 Å². The highest BCUT2D eigenvalue weighted by Gasteiger charge is 2.21. The summed E-state index contributed by atoms with van der Waals surface area (Å²) in [6.07, 6.45) is 6.19. The molecule has 0 saturated heterocycles. The standard InChI is InChI=1S/C9H19N3O/c1-2-12(9(10)11-13)8-6-4-3-5-7-8/h8,13H,2-7H2,1H3,(H2,10,11). The maximum absolute atomic E-state index is 8.59. The van der Waals surface area contributed by atoms with Crippen LogP contribution in [0.5, 0.6) is 0 Å². The second-order valence-electron chi connectivity index (χ2n) is 3.54. The van der Waals surface area contributed by atoms with Gasteiger partial charge in [-0.2, -0.15) is 0 Å². The van der Waals surface area contributed by atoms with Gasteiger partial charge in [-0.3, -0.25) is 0 Å². The van der Waals surface area contributed by atoms with E-state index in [-0.39, 0.29) is 5.96 Å². The van der Waals surface area contributed by atoms with Gasteiger partial charge >= 0.3 is 0 Å². The summed E-state index contributed by atoms with van der Waals surface area (Å²) in [6.45, 7) is 2.85. The molecule has 1 rings (SSSR count). The summed E-state index contributed by atoms with van der Waals surface area (Å²) in [6, 6.07) is 0.481. The predicted octanol–water partition coefficient (Wildman–Crippen LogP) is 1.34. The SMILES string of the molecule is CCN(C(N)=NO)C1CCCCC1. The fraction of sp³-hybridized carbons (Fsp3) is 0.889. The van der Waals surface area contributed by atoms with Gasteiger partial charge in [-0.25, -0.2) is 0 Å². The van der Waals surface area contributed by atoms with Crippen molar-refractivity contribution in [1.82, 2.24) is 4.90 Å². The maximum Gasteiger partial charge on any atom is 0.233 e. The fourth-order valence-corrected chi connectivity index (χ4v) is 2.06. The van der Waals surface area contributed by atoms with Crippen molar-refractivity contribution >= 4 is 5.96 Å². The van der Waals surface area contributed by atoms with Crippen LogP contribution in [0.2, 0.25) is 0 Å². The van der Waals surface area contributed by atoms with Gasteiger partial charge in [0.25, 0.3) is 0 Å². The third-order valence-corrected chi connectivity index (χ3v) is 2.75. The van der Waals surface area contributed by atoms with Crippen LogP contribution in [0.3, 0.4) is 0 Å². The van der Waals surface area contributed by atoms with Gasteiger partial charge in [-0.15, -0.1) is 0 Å². The van der Waals surface area contributed by atoms with Crippen molar-refractivity contribution in [3.63, 3.8) is 0 Å². The van der Waals surface area contributed by atoms with E-state index in [1.165, 1.54) is 32.1 Å². The monoisotopic (exact) mass is 185 g/mol. The molecule has 0 bridgehead atoms. The molecule has 0 spiro atoms. The van der Waals surface area contributed by atoms with Gasteiger partial charge in [0.05, 0.1) is 0 Å². The van der Waals surface area contributed by atoms with E-state index in [4.69, 9.17) is 10.9 Å². The Morgan fingerprint density at radius 1 is 1.46 bits per heavy atom. The topological polar surface area (TPSA) is 61.8 Å². The van der Waals surface area contributed by atoms with Crippen LogP contribution >= 0.6 is 0 Å². The molecule has 0 unspecified atom stereocenters. The highest BCUT2D eigenvalue weighted by atomic mass is 16.4. The lowest BCUT2D eigenvalue weighted by Crippen LogP contribution is -2.45. The molecule has 76 valence electrons. The Morgan fingerprint density at radius 3 is 2.54 bits per heavy atom. The average Bonchev–Trinajstić information content (AvgIpc) is 2.20. The van der Waals surface area contributed by atoms with E-state index in [1.807, 2.05) is 11.8 Å². The van der Waals surface area contributed by atoms with Gasteiger partial charge in [0.1, 0.15) is 0 Å². The highest BCUT2D eigenvalue weighted by Crippen LogP contribution is 2.22. The molecule has 13 heavy (non-hydrogen) atoms. The summed E-state index contributed by atoms with van der Waals surface area (Å²) in [5, 5.41) is 11.6. The van der Waals surface area contributed by atoms with Crippen LogP contribution in [0.25, 0.3) is 0 Å². The summed E-state index contributed by atoms with van der Waals surface area (Å²) in [5.74, 6) is 0.259. The van der Waals surface area contributed by atoms with E-state index in [0.29, 0.717) is 6.04 Å². The Hall–Kier alpha value is -0.930. The number of guanidine groups is 1. The van der Waals surface area contributed by atoms with Crippen molar-refractivity contribution in [3.05, 3.63) is 0 Å². The fourth-order valence-electron chi connectivity index (χ4n) is 2.06. The molecule has 1 aliphatic carbocycles. The molecule has 0 aromatic heterocycles. The van der Waals surface area contributed by atoms with E-state index >= 15 is 0 Å². The molecule has 0 heterocycles. The minimum Gasteiger partial charge on any atom is -0.408 e. The summed E-state index contributed by atoms with van der Waals surface area (Å²) in [7, 11) is 0. The molecule has 4 nitrogen and oxygen atoms in total. The molecule has 0 amide bonds. The number of rotatable bonds is 2. The van der Waals surface area contributed by atoms with Crippen molar-refractivity contribution in [2.24, 2.45) is 10.9 Å². The molecular weight excluding hydrogens is 166 g/mol. The number of hydrogen-bond acceptors (Lipinski definition) is 2. The Labute approximate surface area is 79.4 Å². The Morgan fingerprint density at radius 2 is 2.08 bits per heavy atom. The molecule has 4 heteroatoms. The van der Waals surface area contributed by atoms with Crippen LogP contribution in [0.1, 0.15) is 39.0 Å². The third-order valence-electron chi connectivity index (χ3n) is 2.75. The van der Waals surface area contributed by atoms with E-state index in [2.05, 4.69) is 5.16 Å². The van der Waals surface area contributed by atoms with Crippen LogP contribution in [0, 0.1) is 0 Å². The molecule has 1 fully saturated rings. The van der Waals surface area contributed by atoms with Crippen molar-refractivity contribution < 1.29 is 5.21 Å². The largest absolute Gasteiger partial charge is 0.408 e. The molecule has 1 aliphatic rings. The number of nitrogens with zero attached hydrogens (tertiary/aromatic N) is 2. The first-order chi connectivity index (χ1) is 6.29. The zero-order chi connectivity index (χ0) is 9.68. The molecule has 3 N–H and O–H groups in total. The van der Waals surface area contributed by atoms with Gasteiger partial charge in [-0.05, 0) is 19.8 Å². The molecule has 0 atom stereocenters. The first-order valence-corrected chi connectivity index (χ1v) is 5.03. The van der Waals surface area contributed by atoms with Crippen molar-refractivity contribution in [1.29, 1.82) is 0 Å². The minimum absolute atomic E-state index is 0.259. The zero-order valence-corrected chi connectivity index (χ0v) is 8.24. The van der Waals surface area contributed by atoms with Gasteiger partial charge in [0, 0.05) is 12.6 Å². The van der Waals surface area contributed by atoms with Crippen molar-refractivity contribution in [2.45, 2.75) is 45.1 Å². The van der Waals surface area contributed by atoms with Crippen molar-refractivity contribution in [3.8, 4) is 0 Å². The summed E-state index contributed by atoms with van der Waals surface area (Å²) in [4.78, 5) is 1.99. The van der Waals surface area contributed by atoms with Crippen LogP contribution < -0.4 is 5.73 Å². The van der Waals surface area contributed by atoms with Gasteiger partial charge in [0.2, 0.25) is 5.96 Å². The van der Waals surface area contributed by atoms with Gasteiger partial charge in [-0.1, -0.05) is 24.4 Å². The number of oxime groups is 1. The smallest absolute Gasteiger partial charge is 0.233 e. The quantitative estimate of drug-likeness (QED) is 0.295. The Kier molecular flexibility index (Phi) is 3.86. The second kappa shape index (κ2) is 4.94. The minimum atomic E-state index is 0.259. The lowest BCUT2D eigenvalue weighted by molar-refractivity contribution is 0.232. The van der Waals surface area contributed by atoms with Crippen LogP contribution in [-0.4, -0.2) is 28.7 Å². The zero-order valence-electron chi connectivity index (χ0n) is 8.24. The molecule has 0 aliphatic heterocycles. The average molecular weight is 185 g/mol. The second-order valence-corrected chi connectivity index (χ2v) is 3.54. The third kappa shape index (κ3) is 2.50. The summed E-state index contributed by atoms with van der Waals surface area (Å²) in [5.41, 5.74) is 5.58. The predicted molar refractivity (Wildman–Crippen MR) is 52.7 cm³/mol. The van der Waals surface area contributed by atoms with Crippen molar-refractivity contribution in [2.75, 3.05) is 6.54 Å². The maximum atomic E-state index is 8.59.